The molecule has 1 fully saturated rings. The number of hydrogen-bond donors (Lipinski definition) is 0. The molecular formula is C17H27ClN4OSi. The topological polar surface area (TPSA) is 52.8 Å². The van der Waals surface area contributed by atoms with Crippen molar-refractivity contribution in [3.05, 3.63) is 17.7 Å². The van der Waals surface area contributed by atoms with Crippen LogP contribution in [0.25, 0.3) is 11.0 Å². The second-order valence-electron chi connectivity index (χ2n) is 8.32. The first-order valence-electron chi connectivity index (χ1n) is 8.71. The quantitative estimate of drug-likeness (QED) is 0.567. The van der Waals surface area contributed by atoms with Gasteiger partial charge in [0.2, 0.25) is 5.28 Å². The minimum absolute atomic E-state index is 0.260. The van der Waals surface area contributed by atoms with Gasteiger partial charge in [-0.05, 0) is 55.4 Å². The van der Waals surface area contributed by atoms with Gasteiger partial charge in [-0.2, -0.15) is 10.1 Å². The molecule has 24 heavy (non-hydrogen) atoms. The standard InChI is InChI=1S/C17H27ClN4OSi/c1-17(2,3)24(4,5)23-14-8-6-13(7-9-14)22-15-12(11-20-22)10-19-16(18)21-15/h10-11,13-14H,6-9H2,1-5H3/t13-,14+. The van der Waals surface area contributed by atoms with Crippen LogP contribution in [-0.2, 0) is 4.43 Å². The molecule has 0 spiro atoms. The Morgan fingerprint density at radius 1 is 1.17 bits per heavy atom. The van der Waals surface area contributed by atoms with E-state index in [9.17, 15) is 0 Å². The maximum Gasteiger partial charge on any atom is 0.224 e. The van der Waals surface area contributed by atoms with Crippen LogP contribution in [0.5, 0.6) is 0 Å². The average Bonchev–Trinajstić information content (AvgIpc) is 2.89. The Balaban J connectivity index is 1.68. The highest BCUT2D eigenvalue weighted by molar-refractivity contribution is 6.74. The van der Waals surface area contributed by atoms with Crippen molar-refractivity contribution >= 4 is 31.0 Å². The summed E-state index contributed by atoms with van der Waals surface area (Å²) in [5, 5.41) is 6.00. The van der Waals surface area contributed by atoms with E-state index < -0.39 is 8.32 Å². The Morgan fingerprint density at radius 2 is 1.83 bits per heavy atom. The summed E-state index contributed by atoms with van der Waals surface area (Å²) in [7, 11) is -1.69. The van der Waals surface area contributed by atoms with Crippen molar-refractivity contribution in [1.82, 2.24) is 19.7 Å². The van der Waals surface area contributed by atoms with Crippen molar-refractivity contribution in [2.75, 3.05) is 0 Å². The molecule has 7 heteroatoms. The molecule has 132 valence electrons. The maximum absolute atomic E-state index is 6.58. The highest BCUT2D eigenvalue weighted by atomic mass is 35.5. The summed E-state index contributed by atoms with van der Waals surface area (Å²) in [6.45, 7) is 11.6. The van der Waals surface area contributed by atoms with Crippen molar-refractivity contribution < 1.29 is 4.43 Å². The predicted molar refractivity (Wildman–Crippen MR) is 99.9 cm³/mol. The van der Waals surface area contributed by atoms with Gasteiger partial charge in [0, 0.05) is 12.3 Å². The zero-order valence-electron chi connectivity index (χ0n) is 15.2. The van der Waals surface area contributed by atoms with E-state index in [1.165, 1.54) is 0 Å². The molecule has 0 saturated heterocycles. The number of nitrogens with zero attached hydrogens (tertiary/aromatic N) is 4. The van der Waals surface area contributed by atoms with Crippen molar-refractivity contribution in [3.63, 3.8) is 0 Å². The molecule has 0 amide bonds. The Hall–Kier alpha value is -0.983. The number of halogens is 1. The van der Waals surface area contributed by atoms with Gasteiger partial charge in [-0.1, -0.05) is 20.8 Å². The maximum atomic E-state index is 6.58. The predicted octanol–water partition coefficient (Wildman–Crippen LogP) is 4.99. The molecule has 0 atom stereocenters. The van der Waals surface area contributed by atoms with E-state index in [0.29, 0.717) is 12.1 Å². The normalized spacial score (nSPS) is 22.9. The fourth-order valence-electron chi connectivity index (χ4n) is 3.08. The lowest BCUT2D eigenvalue weighted by Gasteiger charge is -2.41. The van der Waals surface area contributed by atoms with E-state index in [-0.39, 0.29) is 10.3 Å². The second kappa shape index (κ2) is 6.39. The molecule has 1 aliphatic rings. The minimum atomic E-state index is -1.69. The summed E-state index contributed by atoms with van der Waals surface area (Å²) in [6, 6.07) is 0.368. The van der Waals surface area contributed by atoms with Crippen molar-refractivity contribution in [2.45, 2.75) is 76.7 Å². The number of hydrogen-bond acceptors (Lipinski definition) is 4. The molecule has 2 aromatic rings. The van der Waals surface area contributed by atoms with Gasteiger partial charge in [-0.3, -0.25) is 0 Å². The molecule has 2 heterocycles. The Morgan fingerprint density at radius 3 is 2.46 bits per heavy atom. The second-order valence-corrected chi connectivity index (χ2v) is 13.4. The monoisotopic (exact) mass is 366 g/mol. The lowest BCUT2D eigenvalue weighted by molar-refractivity contribution is 0.116. The summed E-state index contributed by atoms with van der Waals surface area (Å²) < 4.78 is 8.60. The molecule has 0 bridgehead atoms. The van der Waals surface area contributed by atoms with Crippen LogP contribution in [0.4, 0.5) is 0 Å². The smallest absolute Gasteiger partial charge is 0.224 e. The zero-order valence-corrected chi connectivity index (χ0v) is 17.0. The van der Waals surface area contributed by atoms with E-state index >= 15 is 0 Å². The van der Waals surface area contributed by atoms with E-state index in [1.54, 1.807) is 6.20 Å². The molecular weight excluding hydrogens is 340 g/mol. The van der Waals surface area contributed by atoms with Gasteiger partial charge in [0.25, 0.3) is 0 Å². The lowest BCUT2D eigenvalue weighted by Crippen LogP contribution is -2.44. The molecule has 0 radical (unpaired) electrons. The molecule has 5 nitrogen and oxygen atoms in total. The summed E-state index contributed by atoms with van der Waals surface area (Å²) in [5.74, 6) is 0. The molecule has 0 aromatic carbocycles. The molecule has 1 aliphatic carbocycles. The van der Waals surface area contributed by atoms with Gasteiger partial charge in [-0.25, -0.2) is 9.67 Å². The fraction of sp³-hybridized carbons (Fsp3) is 0.706. The van der Waals surface area contributed by atoms with Crippen LogP contribution in [0, 0.1) is 0 Å². The molecule has 0 unspecified atom stereocenters. The fourth-order valence-corrected chi connectivity index (χ4v) is 4.63. The van der Waals surface area contributed by atoms with Crippen LogP contribution in [0.2, 0.25) is 23.4 Å². The summed E-state index contributed by atoms with van der Waals surface area (Å²) >= 11 is 5.95. The highest BCUT2D eigenvalue weighted by Gasteiger charge is 2.40. The molecule has 0 aliphatic heterocycles. The van der Waals surface area contributed by atoms with Crippen LogP contribution >= 0.6 is 11.6 Å². The third-order valence-corrected chi connectivity index (χ3v) is 10.3. The Kier molecular flexibility index (Phi) is 4.75. The minimum Gasteiger partial charge on any atom is -0.414 e. The largest absolute Gasteiger partial charge is 0.414 e. The first kappa shape index (κ1) is 17.8. The van der Waals surface area contributed by atoms with Crippen LogP contribution in [-0.4, -0.2) is 34.2 Å². The van der Waals surface area contributed by atoms with E-state index in [4.69, 9.17) is 16.0 Å². The van der Waals surface area contributed by atoms with Gasteiger partial charge >= 0.3 is 0 Å². The molecule has 2 aromatic heterocycles. The van der Waals surface area contributed by atoms with Gasteiger partial charge < -0.3 is 4.43 Å². The van der Waals surface area contributed by atoms with E-state index in [1.807, 2.05) is 10.9 Å². The SMILES string of the molecule is CC(C)(C)[Si](C)(C)O[C@H]1CC[C@@H](n2ncc3cnc(Cl)nc32)CC1. The summed E-state index contributed by atoms with van der Waals surface area (Å²) in [6.07, 6.45) is 8.23. The van der Waals surface area contributed by atoms with Gasteiger partial charge in [-0.15, -0.1) is 0 Å². The van der Waals surface area contributed by atoms with E-state index in [0.717, 1.165) is 36.7 Å². The van der Waals surface area contributed by atoms with Gasteiger partial charge in [0.1, 0.15) is 0 Å². The van der Waals surface area contributed by atoms with Gasteiger partial charge in [0.15, 0.2) is 14.0 Å². The molecule has 0 N–H and O–H groups in total. The Labute approximate surface area is 149 Å². The van der Waals surface area contributed by atoms with E-state index in [2.05, 4.69) is 48.9 Å². The first-order chi connectivity index (χ1) is 11.2. The van der Waals surface area contributed by atoms with Crippen molar-refractivity contribution in [1.29, 1.82) is 0 Å². The summed E-state index contributed by atoms with van der Waals surface area (Å²) in [5.41, 5.74) is 0.837. The van der Waals surface area contributed by atoms with Crippen LogP contribution in [0.15, 0.2) is 12.4 Å². The zero-order chi connectivity index (χ0) is 17.5. The van der Waals surface area contributed by atoms with Crippen molar-refractivity contribution in [3.8, 4) is 0 Å². The van der Waals surface area contributed by atoms with Crippen LogP contribution in [0.1, 0.15) is 52.5 Å². The Bertz CT molecular complexity index is 717. The number of fused-ring (bicyclic) bond motifs is 1. The third kappa shape index (κ3) is 3.50. The molecule has 1 saturated carbocycles. The lowest BCUT2D eigenvalue weighted by atomic mass is 9.93. The first-order valence-corrected chi connectivity index (χ1v) is 12.0. The average molecular weight is 367 g/mol. The highest BCUT2D eigenvalue weighted by Crippen LogP contribution is 2.40. The van der Waals surface area contributed by atoms with Crippen molar-refractivity contribution in [2.24, 2.45) is 0 Å². The van der Waals surface area contributed by atoms with Crippen LogP contribution in [0.3, 0.4) is 0 Å². The van der Waals surface area contributed by atoms with Gasteiger partial charge in [0.05, 0.1) is 17.6 Å². The number of aromatic nitrogens is 4. The third-order valence-electron chi connectivity index (χ3n) is 5.56. The number of rotatable bonds is 3. The summed E-state index contributed by atoms with van der Waals surface area (Å²) in [4.78, 5) is 8.38. The van der Waals surface area contributed by atoms with Crippen LogP contribution < -0.4 is 0 Å². The molecule has 3 rings (SSSR count).